The number of nitrogens with zero attached hydrogens (tertiary/aromatic N) is 1. The van der Waals surface area contributed by atoms with Crippen molar-refractivity contribution in [1.82, 2.24) is 9.03 Å². The number of nitrogen functional groups attached to an aromatic ring is 1. The van der Waals surface area contributed by atoms with Gasteiger partial charge in [0.15, 0.2) is 0 Å². The number of anilines is 1. The third kappa shape index (κ3) is 2.97. The molecule has 1 aliphatic heterocycles. The molecule has 1 unspecified atom stereocenters. The minimum Gasteiger partial charge on any atom is -0.478 e. The Labute approximate surface area is 111 Å². The zero-order valence-corrected chi connectivity index (χ0v) is 10.7. The first-order valence-corrected chi connectivity index (χ1v) is 6.90. The summed E-state index contributed by atoms with van der Waals surface area (Å²) in [5.41, 5.74) is 6.60. The van der Waals surface area contributed by atoms with Crippen molar-refractivity contribution in [2.45, 2.75) is 12.8 Å². The molecule has 106 valence electrons. The van der Waals surface area contributed by atoms with Crippen LogP contribution in [0.2, 0.25) is 0 Å². The number of hydrogen-bond donors (Lipinski definition) is 6. The normalized spacial score (nSPS) is 24.3. The molecule has 1 saturated heterocycles. The van der Waals surface area contributed by atoms with Gasteiger partial charge in [0.05, 0.1) is 12.1 Å². The fourth-order valence-electron chi connectivity index (χ4n) is 1.81. The maximum atomic E-state index is 10.8. The van der Waals surface area contributed by atoms with Crippen LogP contribution in [0.3, 0.4) is 0 Å². The summed E-state index contributed by atoms with van der Waals surface area (Å²) in [6.45, 7) is 0.139. The molecule has 8 nitrogen and oxygen atoms in total. The first-order valence-electron chi connectivity index (χ1n) is 5.40. The number of hydrogen-bond acceptors (Lipinski definition) is 7. The number of rotatable bonds is 3. The lowest BCUT2D eigenvalue weighted by Crippen LogP contribution is -2.26. The molecule has 0 saturated carbocycles. The van der Waals surface area contributed by atoms with E-state index in [1.54, 1.807) is 0 Å². The number of carbonyl (C=O) groups is 1. The van der Waals surface area contributed by atoms with E-state index in [1.165, 1.54) is 22.5 Å². The van der Waals surface area contributed by atoms with Crippen molar-refractivity contribution in [2.75, 3.05) is 12.3 Å². The molecule has 7 N–H and O–H groups in total. The van der Waals surface area contributed by atoms with Crippen LogP contribution in [0.5, 0.6) is 0 Å². The number of nitrogens with one attached hydrogen (secondary N) is 1. The van der Waals surface area contributed by atoms with Crippen LogP contribution >= 0.6 is 11.0 Å². The van der Waals surface area contributed by atoms with Crippen molar-refractivity contribution in [3.05, 3.63) is 29.3 Å². The lowest BCUT2D eigenvalue weighted by molar-refractivity contribution is 0.0697. The van der Waals surface area contributed by atoms with Gasteiger partial charge in [0.2, 0.25) is 0 Å². The largest absolute Gasteiger partial charge is 0.478 e. The zero-order valence-electron chi connectivity index (χ0n) is 9.85. The lowest BCUT2D eigenvalue weighted by Gasteiger charge is -2.35. The fourth-order valence-corrected chi connectivity index (χ4v) is 3.06. The van der Waals surface area contributed by atoms with Gasteiger partial charge in [0.25, 0.3) is 0 Å². The van der Waals surface area contributed by atoms with E-state index in [4.69, 9.17) is 10.8 Å². The molecule has 0 spiro atoms. The Hall–Kier alpha value is -1.36. The number of aliphatic hydroxyl groups is 1. The minimum atomic E-state index is -3.22. The molecule has 19 heavy (non-hydrogen) atoms. The second-order valence-corrected chi connectivity index (χ2v) is 5.98. The predicted octanol–water partition coefficient (Wildman–Crippen LogP) is 0.271. The van der Waals surface area contributed by atoms with Gasteiger partial charge in [-0.15, -0.1) is 0 Å². The average molecular weight is 289 g/mol. The standard InChI is InChI=1S/C10H15N3O5S/c11-8-3-6(10(15)16)1-2-7(8)4-13-5-9(14)12-19(13,17)18/h1-3,9,12,14,17-18H,4-5,11H2,(H,15,16). The SMILES string of the molecule is Nc1cc(C(=O)O)ccc1CN1CC(O)NS1(O)O. The predicted molar refractivity (Wildman–Crippen MR) is 70.2 cm³/mol. The molecule has 1 fully saturated rings. The Morgan fingerprint density at radius 1 is 1.53 bits per heavy atom. The Morgan fingerprint density at radius 3 is 2.68 bits per heavy atom. The third-order valence-corrected chi connectivity index (χ3v) is 4.36. The maximum Gasteiger partial charge on any atom is 0.335 e. The summed E-state index contributed by atoms with van der Waals surface area (Å²) in [5, 5.41) is 18.2. The Balaban J connectivity index is 2.18. The lowest BCUT2D eigenvalue weighted by atomic mass is 10.1. The zero-order chi connectivity index (χ0) is 14.2. The van der Waals surface area contributed by atoms with Crippen molar-refractivity contribution in [3.63, 3.8) is 0 Å². The van der Waals surface area contributed by atoms with Crippen LogP contribution in [0.15, 0.2) is 18.2 Å². The molecule has 1 atom stereocenters. The summed E-state index contributed by atoms with van der Waals surface area (Å²) in [4.78, 5) is 10.8. The molecule has 9 heteroatoms. The van der Waals surface area contributed by atoms with Crippen molar-refractivity contribution >= 4 is 22.6 Å². The molecule has 1 heterocycles. The Bertz CT molecular complexity index is 510. The molecule has 0 aromatic heterocycles. The first-order chi connectivity index (χ1) is 8.79. The van der Waals surface area contributed by atoms with Gasteiger partial charge in [-0.05, 0) is 17.7 Å². The van der Waals surface area contributed by atoms with Crippen molar-refractivity contribution in [1.29, 1.82) is 0 Å². The van der Waals surface area contributed by atoms with Gasteiger partial charge in [-0.3, -0.25) is 9.11 Å². The van der Waals surface area contributed by atoms with Gasteiger partial charge in [0.1, 0.15) is 6.23 Å². The highest BCUT2D eigenvalue weighted by Gasteiger charge is 2.34. The smallest absolute Gasteiger partial charge is 0.335 e. The molecule has 2 rings (SSSR count). The number of carboxylic acid groups (broad SMARTS) is 1. The molecular weight excluding hydrogens is 274 g/mol. The van der Waals surface area contributed by atoms with E-state index >= 15 is 0 Å². The van der Waals surface area contributed by atoms with Gasteiger partial charge < -0.3 is 15.9 Å². The van der Waals surface area contributed by atoms with Crippen molar-refractivity contribution < 1.29 is 24.1 Å². The molecule has 1 aromatic carbocycles. The van der Waals surface area contributed by atoms with Gasteiger partial charge in [0, 0.05) is 12.2 Å². The summed E-state index contributed by atoms with van der Waals surface area (Å²) in [5.74, 6) is -1.08. The monoisotopic (exact) mass is 289 g/mol. The molecule has 0 amide bonds. The van der Waals surface area contributed by atoms with E-state index in [0.29, 0.717) is 5.56 Å². The van der Waals surface area contributed by atoms with Crippen LogP contribution in [0, 0.1) is 0 Å². The molecule has 1 aliphatic rings. The number of aromatic carboxylic acids is 1. The average Bonchev–Trinajstić information content (AvgIpc) is 2.54. The highest BCUT2D eigenvalue weighted by molar-refractivity contribution is 8.20. The van der Waals surface area contributed by atoms with E-state index in [-0.39, 0.29) is 24.3 Å². The quantitative estimate of drug-likeness (QED) is 0.436. The van der Waals surface area contributed by atoms with Crippen molar-refractivity contribution in [2.24, 2.45) is 0 Å². The number of nitrogens with two attached hydrogens (primary N) is 1. The highest BCUT2D eigenvalue weighted by atomic mass is 32.3. The second-order valence-electron chi connectivity index (χ2n) is 4.19. The third-order valence-electron chi connectivity index (χ3n) is 2.77. The van der Waals surface area contributed by atoms with Gasteiger partial charge >= 0.3 is 5.97 Å². The molecule has 0 aliphatic carbocycles. The molecule has 0 bridgehead atoms. The summed E-state index contributed by atoms with van der Waals surface area (Å²) in [6, 6.07) is 4.21. The first kappa shape index (κ1) is 14.1. The maximum absolute atomic E-state index is 10.8. The van der Waals surface area contributed by atoms with Gasteiger partial charge in [-0.2, -0.15) is 9.03 Å². The van der Waals surface area contributed by atoms with Crippen LogP contribution in [-0.2, 0) is 6.54 Å². The summed E-state index contributed by atoms with van der Waals surface area (Å²) in [7, 11) is -3.22. The van der Waals surface area contributed by atoms with Crippen LogP contribution in [0.4, 0.5) is 5.69 Å². The summed E-state index contributed by atoms with van der Waals surface area (Å²) >= 11 is 0. The number of β-amino-alcohol motifs (C(OH)–C–C–N with tert-alkyl or cyclic N) is 1. The minimum absolute atomic E-state index is 0.0441. The van der Waals surface area contributed by atoms with Gasteiger partial charge in [-0.1, -0.05) is 17.0 Å². The highest BCUT2D eigenvalue weighted by Crippen LogP contribution is 2.44. The number of carboxylic acids is 1. The van der Waals surface area contributed by atoms with Gasteiger partial charge in [-0.25, -0.2) is 4.79 Å². The van der Waals surface area contributed by atoms with Crippen LogP contribution in [0.25, 0.3) is 0 Å². The van der Waals surface area contributed by atoms with E-state index in [9.17, 15) is 19.0 Å². The molecule has 1 aromatic rings. The van der Waals surface area contributed by atoms with Crippen LogP contribution < -0.4 is 10.5 Å². The summed E-state index contributed by atoms with van der Waals surface area (Å²) in [6.07, 6.45) is -1.02. The van der Waals surface area contributed by atoms with E-state index in [0.717, 1.165) is 0 Å². The van der Waals surface area contributed by atoms with E-state index in [2.05, 4.69) is 4.72 Å². The fraction of sp³-hybridized carbons (Fsp3) is 0.300. The topological polar surface area (TPSA) is 139 Å². The Morgan fingerprint density at radius 2 is 2.21 bits per heavy atom. The molecule has 0 radical (unpaired) electrons. The van der Waals surface area contributed by atoms with Crippen LogP contribution in [-0.4, -0.2) is 42.4 Å². The summed E-state index contributed by atoms with van der Waals surface area (Å²) < 4.78 is 22.9. The van der Waals surface area contributed by atoms with E-state index < -0.39 is 23.2 Å². The number of benzene rings is 1. The Kier molecular flexibility index (Phi) is 3.67. The number of aliphatic hydroxyl groups excluding tert-OH is 1. The van der Waals surface area contributed by atoms with E-state index in [1.807, 2.05) is 0 Å². The molecular formula is C10H15N3O5S. The van der Waals surface area contributed by atoms with Crippen LogP contribution in [0.1, 0.15) is 15.9 Å². The van der Waals surface area contributed by atoms with Crippen molar-refractivity contribution in [3.8, 4) is 0 Å². The second kappa shape index (κ2) is 4.96.